The number of alkyl carbamates (subject to hydrolysis) is 1. The highest BCUT2D eigenvalue weighted by Crippen LogP contribution is 1.97. The van der Waals surface area contributed by atoms with Crippen molar-refractivity contribution in [1.29, 1.82) is 0 Å². The molecule has 0 bridgehead atoms. The molecule has 0 fully saturated rings. The van der Waals surface area contributed by atoms with Crippen molar-refractivity contribution in [3.8, 4) is 0 Å². The van der Waals surface area contributed by atoms with Gasteiger partial charge in [-0.3, -0.25) is 9.78 Å². The molecule has 0 aliphatic rings. The van der Waals surface area contributed by atoms with E-state index in [1.807, 2.05) is 4.98 Å². The lowest BCUT2D eigenvalue weighted by Crippen LogP contribution is -2.44. The van der Waals surface area contributed by atoms with Crippen LogP contribution in [0.2, 0.25) is 0 Å². The Morgan fingerprint density at radius 1 is 1.50 bits per heavy atom. The van der Waals surface area contributed by atoms with E-state index in [1.165, 1.54) is 6.08 Å². The Labute approximate surface area is 112 Å². The maximum absolute atomic E-state index is 11.4. The van der Waals surface area contributed by atoms with Crippen LogP contribution in [0, 0.1) is 0 Å². The van der Waals surface area contributed by atoms with Crippen LogP contribution in [0.3, 0.4) is 0 Å². The molecule has 9 heteroatoms. The molecule has 0 aliphatic carbocycles. The SMILES string of the molecule is C=CCOC(=O)NC(Cc1c[nH]c(=O)[nH]c1=O)C(=O)O. The first-order chi connectivity index (χ1) is 9.43. The van der Waals surface area contributed by atoms with Gasteiger partial charge in [-0.2, -0.15) is 0 Å². The standard InChI is InChI=1S/C11H13N3O6/c1-2-3-20-11(19)13-7(9(16)17)4-6-5-12-10(18)14-8(6)15/h2,5,7H,1,3-4H2,(H,13,19)(H,16,17)(H2,12,14,15,18). The van der Waals surface area contributed by atoms with Gasteiger partial charge in [0.2, 0.25) is 0 Å². The number of hydrogen-bond acceptors (Lipinski definition) is 5. The Bertz CT molecular complexity index is 617. The van der Waals surface area contributed by atoms with Crippen molar-refractivity contribution >= 4 is 12.1 Å². The molecule has 1 heterocycles. The molecule has 1 amide bonds. The van der Waals surface area contributed by atoms with Crippen LogP contribution in [0.5, 0.6) is 0 Å². The fourth-order valence-corrected chi connectivity index (χ4v) is 1.33. The molecule has 20 heavy (non-hydrogen) atoms. The number of hydrogen-bond donors (Lipinski definition) is 4. The van der Waals surface area contributed by atoms with Crippen LogP contribution in [0.1, 0.15) is 5.56 Å². The maximum Gasteiger partial charge on any atom is 0.408 e. The van der Waals surface area contributed by atoms with Crippen molar-refractivity contribution in [3.05, 3.63) is 45.3 Å². The Morgan fingerprint density at radius 3 is 2.75 bits per heavy atom. The molecule has 1 aromatic heterocycles. The quantitative estimate of drug-likeness (QED) is 0.492. The lowest BCUT2D eigenvalue weighted by molar-refractivity contribution is -0.139. The average molecular weight is 283 g/mol. The molecule has 0 radical (unpaired) electrons. The minimum atomic E-state index is -1.36. The number of aromatic nitrogens is 2. The first-order valence-corrected chi connectivity index (χ1v) is 5.52. The van der Waals surface area contributed by atoms with Gasteiger partial charge in [-0.1, -0.05) is 12.7 Å². The fourth-order valence-electron chi connectivity index (χ4n) is 1.33. The molecule has 1 aromatic rings. The summed E-state index contributed by atoms with van der Waals surface area (Å²) in [6.07, 6.45) is 1.17. The lowest BCUT2D eigenvalue weighted by Gasteiger charge is -2.13. The van der Waals surface area contributed by atoms with Crippen molar-refractivity contribution in [3.63, 3.8) is 0 Å². The van der Waals surface area contributed by atoms with E-state index in [4.69, 9.17) is 5.11 Å². The van der Waals surface area contributed by atoms with Crippen LogP contribution in [0.25, 0.3) is 0 Å². The van der Waals surface area contributed by atoms with Crippen molar-refractivity contribution in [2.45, 2.75) is 12.5 Å². The second-order valence-electron chi connectivity index (χ2n) is 3.72. The molecular weight excluding hydrogens is 270 g/mol. The van der Waals surface area contributed by atoms with Gasteiger partial charge in [0.15, 0.2) is 0 Å². The number of rotatable bonds is 6. The van der Waals surface area contributed by atoms with E-state index in [1.54, 1.807) is 0 Å². The molecule has 1 atom stereocenters. The summed E-state index contributed by atoms with van der Waals surface area (Å²) in [6.45, 7) is 3.26. The summed E-state index contributed by atoms with van der Waals surface area (Å²) < 4.78 is 4.58. The molecule has 1 unspecified atom stereocenters. The summed E-state index contributed by atoms with van der Waals surface area (Å²) in [6, 6.07) is -1.36. The van der Waals surface area contributed by atoms with Crippen LogP contribution in [-0.2, 0) is 16.0 Å². The van der Waals surface area contributed by atoms with Crippen LogP contribution >= 0.6 is 0 Å². The predicted octanol–water partition coefficient (Wildman–Crippen LogP) is -1.03. The van der Waals surface area contributed by atoms with Gasteiger partial charge in [0.05, 0.1) is 0 Å². The van der Waals surface area contributed by atoms with Gasteiger partial charge in [-0.05, 0) is 0 Å². The van der Waals surface area contributed by atoms with Gasteiger partial charge < -0.3 is 20.1 Å². The highest BCUT2D eigenvalue weighted by Gasteiger charge is 2.22. The Balaban J connectivity index is 2.79. The largest absolute Gasteiger partial charge is 0.480 e. The number of ether oxygens (including phenoxy) is 1. The first-order valence-electron chi connectivity index (χ1n) is 5.52. The Hall–Kier alpha value is -2.84. The molecular formula is C11H13N3O6. The van der Waals surface area contributed by atoms with Gasteiger partial charge in [0, 0.05) is 18.2 Å². The van der Waals surface area contributed by atoms with Crippen molar-refractivity contribution in [2.75, 3.05) is 6.61 Å². The van der Waals surface area contributed by atoms with Crippen LogP contribution in [-0.4, -0.2) is 39.8 Å². The first kappa shape index (κ1) is 15.2. The maximum atomic E-state index is 11.4. The number of aromatic amines is 2. The number of carboxylic acids is 1. The normalized spacial score (nSPS) is 11.4. The van der Waals surface area contributed by atoms with Gasteiger partial charge in [-0.25, -0.2) is 14.4 Å². The zero-order valence-corrected chi connectivity index (χ0v) is 10.3. The van der Waals surface area contributed by atoms with Crippen LogP contribution in [0.4, 0.5) is 4.79 Å². The molecule has 4 N–H and O–H groups in total. The third kappa shape index (κ3) is 4.44. The third-order valence-corrected chi connectivity index (χ3v) is 2.24. The summed E-state index contributed by atoms with van der Waals surface area (Å²) in [7, 11) is 0. The van der Waals surface area contributed by atoms with Crippen LogP contribution < -0.4 is 16.6 Å². The van der Waals surface area contributed by atoms with Crippen molar-refractivity contribution < 1.29 is 19.4 Å². The van der Waals surface area contributed by atoms with E-state index in [0.717, 1.165) is 6.20 Å². The molecule has 0 saturated heterocycles. The second-order valence-corrected chi connectivity index (χ2v) is 3.72. The lowest BCUT2D eigenvalue weighted by atomic mass is 10.1. The predicted molar refractivity (Wildman–Crippen MR) is 67.5 cm³/mol. The van der Waals surface area contributed by atoms with E-state index < -0.39 is 29.4 Å². The number of carbonyl (C=O) groups is 2. The van der Waals surface area contributed by atoms with E-state index in [-0.39, 0.29) is 18.6 Å². The highest BCUT2D eigenvalue weighted by atomic mass is 16.5. The van der Waals surface area contributed by atoms with Gasteiger partial charge in [0.1, 0.15) is 12.6 Å². The third-order valence-electron chi connectivity index (χ3n) is 2.24. The number of H-pyrrole nitrogens is 2. The zero-order chi connectivity index (χ0) is 15.1. The number of amides is 1. The Morgan fingerprint density at radius 2 is 2.20 bits per heavy atom. The van der Waals surface area contributed by atoms with Crippen molar-refractivity contribution in [2.24, 2.45) is 0 Å². The summed E-state index contributed by atoms with van der Waals surface area (Å²) in [5, 5.41) is 11.1. The van der Waals surface area contributed by atoms with E-state index >= 15 is 0 Å². The summed E-state index contributed by atoms with van der Waals surface area (Å²) in [4.78, 5) is 48.7. The topological polar surface area (TPSA) is 141 Å². The molecule has 0 spiro atoms. The number of carboxylic acid groups (broad SMARTS) is 1. The zero-order valence-electron chi connectivity index (χ0n) is 10.3. The van der Waals surface area contributed by atoms with E-state index in [9.17, 15) is 19.2 Å². The summed E-state index contributed by atoms with van der Waals surface area (Å²) in [5.74, 6) is -1.34. The molecule has 0 aromatic carbocycles. The fraction of sp³-hybridized carbons (Fsp3) is 0.273. The Kier molecular flexibility index (Phi) is 5.27. The smallest absolute Gasteiger partial charge is 0.408 e. The molecule has 0 aliphatic heterocycles. The molecule has 9 nitrogen and oxygen atoms in total. The van der Waals surface area contributed by atoms with Gasteiger partial charge in [-0.15, -0.1) is 0 Å². The number of carbonyl (C=O) groups excluding carboxylic acids is 1. The minimum absolute atomic E-state index is 0.0148. The molecule has 0 saturated carbocycles. The highest BCUT2D eigenvalue weighted by molar-refractivity contribution is 5.80. The van der Waals surface area contributed by atoms with E-state index in [2.05, 4.69) is 21.6 Å². The molecule has 108 valence electrons. The van der Waals surface area contributed by atoms with E-state index in [0.29, 0.717) is 0 Å². The summed E-state index contributed by atoms with van der Waals surface area (Å²) >= 11 is 0. The minimum Gasteiger partial charge on any atom is -0.480 e. The average Bonchev–Trinajstić information content (AvgIpc) is 2.38. The monoisotopic (exact) mass is 283 g/mol. The van der Waals surface area contributed by atoms with Crippen molar-refractivity contribution in [1.82, 2.24) is 15.3 Å². The molecule has 1 rings (SSSR count). The summed E-state index contributed by atoms with van der Waals surface area (Å²) in [5.41, 5.74) is -1.41. The number of aliphatic carboxylic acids is 1. The second kappa shape index (κ2) is 6.92. The van der Waals surface area contributed by atoms with Gasteiger partial charge >= 0.3 is 17.8 Å². The number of nitrogens with one attached hydrogen (secondary N) is 3. The van der Waals surface area contributed by atoms with Crippen LogP contribution in [0.15, 0.2) is 28.4 Å². The van der Waals surface area contributed by atoms with Gasteiger partial charge in [0.25, 0.3) is 5.56 Å².